The van der Waals surface area contributed by atoms with Crippen LogP contribution < -0.4 is 10.1 Å². The summed E-state index contributed by atoms with van der Waals surface area (Å²) in [6.45, 7) is -0.265. The molecular weight excluding hydrogens is 327 g/mol. The Kier molecular flexibility index (Phi) is 5.10. The van der Waals surface area contributed by atoms with E-state index in [4.69, 9.17) is 38.3 Å². The van der Waals surface area contributed by atoms with Gasteiger partial charge < -0.3 is 15.2 Å². The van der Waals surface area contributed by atoms with E-state index in [1.54, 1.807) is 30.3 Å². The first-order valence-electron chi connectivity index (χ1n) is 6.12. The predicted octanol–water partition coefficient (Wildman–Crippen LogP) is 4.15. The zero-order valence-corrected chi connectivity index (χ0v) is 12.6. The lowest BCUT2D eigenvalue weighted by Gasteiger charge is -2.13. The number of carboxylic acids is 1. The normalized spacial score (nSPS) is 9.86. The van der Waals surface area contributed by atoms with Gasteiger partial charge in [0.2, 0.25) is 0 Å². The second-order valence-corrected chi connectivity index (χ2v) is 5.09. The van der Waals surface area contributed by atoms with Crippen LogP contribution in [0.4, 0.5) is 5.69 Å². The highest BCUT2D eigenvalue weighted by Crippen LogP contribution is 2.35. The molecule has 0 radical (unpaired) electrons. The summed E-state index contributed by atoms with van der Waals surface area (Å²) in [4.78, 5) is 10.7. The number of benzene rings is 2. The summed E-state index contributed by atoms with van der Waals surface area (Å²) in [5, 5.41) is 21.0. The Morgan fingerprint density at radius 3 is 2.64 bits per heavy atom. The van der Waals surface area contributed by atoms with E-state index in [9.17, 15) is 4.79 Å². The summed E-state index contributed by atoms with van der Waals surface area (Å²) in [6.07, 6.45) is 0. The van der Waals surface area contributed by atoms with Crippen LogP contribution in [0.2, 0.25) is 10.0 Å². The molecule has 0 saturated carbocycles. The molecule has 112 valence electrons. The van der Waals surface area contributed by atoms with Crippen molar-refractivity contribution in [3.05, 3.63) is 52.0 Å². The lowest BCUT2D eigenvalue weighted by atomic mass is 10.2. The Hall–Kier alpha value is -2.42. The molecule has 0 unspecified atom stereocenters. The average Bonchev–Trinajstić information content (AvgIpc) is 2.48. The minimum absolute atomic E-state index is 0.265. The maximum Gasteiger partial charge on any atom is 0.322 e. The summed E-state index contributed by atoms with van der Waals surface area (Å²) in [5.41, 5.74) is 0.875. The van der Waals surface area contributed by atoms with Crippen LogP contribution in [0, 0.1) is 11.3 Å². The number of aliphatic carboxylic acids is 1. The van der Waals surface area contributed by atoms with Crippen molar-refractivity contribution in [3.63, 3.8) is 0 Å². The lowest BCUT2D eigenvalue weighted by Crippen LogP contribution is -2.12. The van der Waals surface area contributed by atoms with Gasteiger partial charge in [0.25, 0.3) is 0 Å². The zero-order valence-electron chi connectivity index (χ0n) is 11.1. The average molecular weight is 337 g/mol. The Labute approximate surface area is 136 Å². The quantitative estimate of drug-likeness (QED) is 0.856. The molecule has 22 heavy (non-hydrogen) atoms. The van der Waals surface area contributed by atoms with Gasteiger partial charge in [0.15, 0.2) is 5.75 Å². The fraction of sp³-hybridized carbons (Fsp3) is 0.0667. The number of anilines is 1. The van der Waals surface area contributed by atoms with Gasteiger partial charge in [-0.25, -0.2) is 0 Å². The van der Waals surface area contributed by atoms with Crippen LogP contribution in [0.5, 0.6) is 11.5 Å². The van der Waals surface area contributed by atoms with E-state index in [1.807, 2.05) is 6.07 Å². The van der Waals surface area contributed by atoms with Gasteiger partial charge in [-0.15, -0.1) is 0 Å². The van der Waals surface area contributed by atoms with Gasteiger partial charge in [0, 0.05) is 11.1 Å². The molecule has 0 aliphatic heterocycles. The number of nitrogens with zero attached hydrogens (tertiary/aromatic N) is 1. The molecule has 2 aromatic rings. The summed E-state index contributed by atoms with van der Waals surface area (Å²) in [5.74, 6) is -0.334. The molecule has 0 spiro atoms. The highest BCUT2D eigenvalue weighted by atomic mass is 35.5. The van der Waals surface area contributed by atoms with Crippen LogP contribution in [0.3, 0.4) is 0 Å². The van der Waals surface area contributed by atoms with Crippen LogP contribution >= 0.6 is 23.2 Å². The van der Waals surface area contributed by atoms with Gasteiger partial charge in [-0.1, -0.05) is 23.2 Å². The summed E-state index contributed by atoms with van der Waals surface area (Å²) in [7, 11) is 0. The van der Waals surface area contributed by atoms with Crippen LogP contribution in [0.1, 0.15) is 5.56 Å². The maximum atomic E-state index is 10.7. The highest BCUT2D eigenvalue weighted by Gasteiger charge is 2.10. The smallest absolute Gasteiger partial charge is 0.322 e. The third-order valence-electron chi connectivity index (χ3n) is 2.65. The third-order valence-corrected chi connectivity index (χ3v) is 3.19. The second-order valence-electron chi connectivity index (χ2n) is 4.25. The molecule has 0 bridgehead atoms. The van der Waals surface area contributed by atoms with Crippen molar-refractivity contribution in [3.8, 4) is 17.6 Å². The van der Waals surface area contributed by atoms with Crippen molar-refractivity contribution in [1.29, 1.82) is 5.26 Å². The monoisotopic (exact) mass is 336 g/mol. The highest BCUT2D eigenvalue weighted by molar-refractivity contribution is 6.32. The van der Waals surface area contributed by atoms with E-state index in [0.717, 1.165) is 0 Å². The number of hydrogen-bond donors (Lipinski definition) is 2. The van der Waals surface area contributed by atoms with E-state index in [0.29, 0.717) is 27.8 Å². The molecule has 0 aromatic heterocycles. The Morgan fingerprint density at radius 1 is 1.23 bits per heavy atom. The van der Waals surface area contributed by atoms with Crippen LogP contribution in [0.25, 0.3) is 0 Å². The van der Waals surface area contributed by atoms with Crippen molar-refractivity contribution in [2.75, 3.05) is 11.9 Å². The molecule has 0 aliphatic carbocycles. The predicted molar refractivity (Wildman–Crippen MR) is 83.8 cm³/mol. The molecule has 0 saturated heterocycles. The molecule has 2 N–H and O–H groups in total. The first kappa shape index (κ1) is 16.0. The fourth-order valence-electron chi connectivity index (χ4n) is 1.67. The van der Waals surface area contributed by atoms with E-state index in [-0.39, 0.29) is 11.6 Å². The van der Waals surface area contributed by atoms with Crippen LogP contribution in [-0.4, -0.2) is 17.6 Å². The van der Waals surface area contributed by atoms with Crippen molar-refractivity contribution in [2.45, 2.75) is 0 Å². The van der Waals surface area contributed by atoms with Gasteiger partial charge in [0.1, 0.15) is 12.3 Å². The summed E-state index contributed by atoms with van der Waals surface area (Å²) >= 11 is 12.0. The first-order chi connectivity index (χ1) is 10.5. The lowest BCUT2D eigenvalue weighted by molar-refractivity contribution is -0.134. The second kappa shape index (κ2) is 7.03. The standard InChI is InChI=1S/C15H10Cl2N2O3/c16-10-2-3-12(19-8-15(20)21)14(6-10)22-13-4-1-9(7-18)5-11(13)17/h1-6,19H,8H2,(H,20,21). The largest absolute Gasteiger partial charge is 0.480 e. The van der Waals surface area contributed by atoms with Crippen molar-refractivity contribution in [1.82, 2.24) is 0 Å². The van der Waals surface area contributed by atoms with Gasteiger partial charge in [-0.05, 0) is 30.3 Å². The van der Waals surface area contributed by atoms with Crippen molar-refractivity contribution in [2.24, 2.45) is 0 Å². The molecule has 0 amide bonds. The number of ether oxygens (including phenoxy) is 1. The molecule has 2 aromatic carbocycles. The Morgan fingerprint density at radius 2 is 2.00 bits per heavy atom. The number of nitrogens with one attached hydrogen (secondary N) is 1. The summed E-state index contributed by atoms with van der Waals surface area (Å²) < 4.78 is 5.67. The Balaban J connectivity index is 2.30. The summed E-state index contributed by atoms with van der Waals surface area (Å²) in [6, 6.07) is 11.3. The molecule has 0 aliphatic rings. The molecule has 0 atom stereocenters. The molecule has 2 rings (SSSR count). The SMILES string of the molecule is N#Cc1ccc(Oc2cc(Cl)ccc2NCC(=O)O)c(Cl)c1. The molecule has 0 fully saturated rings. The number of carbonyl (C=O) groups is 1. The minimum atomic E-state index is -1.00. The number of carboxylic acid groups (broad SMARTS) is 1. The van der Waals surface area contributed by atoms with E-state index in [1.165, 1.54) is 6.07 Å². The van der Waals surface area contributed by atoms with E-state index in [2.05, 4.69) is 5.32 Å². The van der Waals surface area contributed by atoms with Gasteiger partial charge in [-0.3, -0.25) is 4.79 Å². The molecule has 7 heteroatoms. The number of hydrogen-bond acceptors (Lipinski definition) is 4. The first-order valence-corrected chi connectivity index (χ1v) is 6.88. The maximum absolute atomic E-state index is 10.7. The molecule has 0 heterocycles. The number of nitriles is 1. The van der Waals surface area contributed by atoms with Gasteiger partial charge >= 0.3 is 5.97 Å². The van der Waals surface area contributed by atoms with Crippen molar-refractivity contribution >= 4 is 34.9 Å². The number of rotatable bonds is 5. The molecular formula is C15H10Cl2N2O3. The van der Waals surface area contributed by atoms with Gasteiger partial charge in [0.05, 0.1) is 22.3 Å². The van der Waals surface area contributed by atoms with Crippen LogP contribution in [-0.2, 0) is 4.79 Å². The number of halogens is 2. The fourth-order valence-corrected chi connectivity index (χ4v) is 2.05. The van der Waals surface area contributed by atoms with Crippen LogP contribution in [0.15, 0.2) is 36.4 Å². The van der Waals surface area contributed by atoms with Gasteiger partial charge in [-0.2, -0.15) is 5.26 Å². The topological polar surface area (TPSA) is 82.3 Å². The molecule has 5 nitrogen and oxygen atoms in total. The van der Waals surface area contributed by atoms with E-state index < -0.39 is 5.97 Å². The van der Waals surface area contributed by atoms with E-state index >= 15 is 0 Å². The minimum Gasteiger partial charge on any atom is -0.480 e. The zero-order chi connectivity index (χ0) is 16.1. The Bertz CT molecular complexity index is 757. The van der Waals surface area contributed by atoms with Crippen molar-refractivity contribution < 1.29 is 14.6 Å². The third kappa shape index (κ3) is 4.04.